The molecular formula is C17H26N2O. The maximum atomic E-state index is 5.48. The van der Waals surface area contributed by atoms with E-state index in [4.69, 9.17) is 4.74 Å². The van der Waals surface area contributed by atoms with Gasteiger partial charge in [0.15, 0.2) is 0 Å². The predicted octanol–water partition coefficient (Wildman–Crippen LogP) is 2.52. The Labute approximate surface area is 122 Å². The summed E-state index contributed by atoms with van der Waals surface area (Å²) in [5.74, 6) is 0. The summed E-state index contributed by atoms with van der Waals surface area (Å²) in [7, 11) is 0. The van der Waals surface area contributed by atoms with Crippen LogP contribution in [-0.2, 0) is 11.2 Å². The normalized spacial score (nSPS) is 23.9. The lowest BCUT2D eigenvalue weighted by Gasteiger charge is -2.32. The second-order valence-electron chi connectivity index (χ2n) is 6.08. The Bertz CT molecular complexity index is 435. The number of rotatable bonds is 3. The highest BCUT2D eigenvalue weighted by Gasteiger charge is 2.18. The lowest BCUT2D eigenvalue weighted by Crippen LogP contribution is -2.38. The molecule has 0 spiro atoms. The number of nitrogens with zero attached hydrogens (tertiary/aromatic N) is 1. The first kappa shape index (κ1) is 13.9. The lowest BCUT2D eigenvalue weighted by atomic mass is 9.95. The molecule has 2 heterocycles. The Morgan fingerprint density at radius 2 is 2.10 bits per heavy atom. The third kappa shape index (κ3) is 3.33. The van der Waals surface area contributed by atoms with E-state index in [2.05, 4.69) is 35.3 Å². The van der Waals surface area contributed by atoms with Crippen LogP contribution in [0.1, 0.15) is 30.4 Å². The van der Waals surface area contributed by atoms with Crippen molar-refractivity contribution in [2.24, 2.45) is 0 Å². The molecule has 2 aliphatic heterocycles. The predicted molar refractivity (Wildman–Crippen MR) is 83.6 cm³/mol. The number of hydrogen-bond acceptors (Lipinski definition) is 3. The highest BCUT2D eigenvalue weighted by Crippen LogP contribution is 2.25. The van der Waals surface area contributed by atoms with E-state index in [9.17, 15) is 0 Å². The van der Waals surface area contributed by atoms with Crippen LogP contribution in [-0.4, -0.2) is 38.9 Å². The minimum Gasteiger partial charge on any atom is -0.378 e. The topological polar surface area (TPSA) is 24.5 Å². The van der Waals surface area contributed by atoms with E-state index < -0.39 is 0 Å². The van der Waals surface area contributed by atoms with Crippen molar-refractivity contribution in [1.29, 1.82) is 0 Å². The summed E-state index contributed by atoms with van der Waals surface area (Å²) in [6.07, 6.45) is 5.18. The van der Waals surface area contributed by atoms with Crippen LogP contribution in [0.4, 0.5) is 5.69 Å². The fourth-order valence-electron chi connectivity index (χ4n) is 3.35. The number of piperidine rings is 1. The van der Waals surface area contributed by atoms with Gasteiger partial charge in [0, 0.05) is 24.8 Å². The third-order valence-electron chi connectivity index (χ3n) is 4.47. The van der Waals surface area contributed by atoms with Gasteiger partial charge in [0.05, 0.1) is 13.2 Å². The zero-order valence-corrected chi connectivity index (χ0v) is 12.5. The number of anilines is 1. The average Bonchev–Trinajstić information content (AvgIpc) is 2.49. The van der Waals surface area contributed by atoms with Crippen LogP contribution in [0.3, 0.4) is 0 Å². The Balaban J connectivity index is 1.77. The first-order valence-corrected chi connectivity index (χ1v) is 7.98. The van der Waals surface area contributed by atoms with Crippen molar-refractivity contribution in [3.8, 4) is 0 Å². The van der Waals surface area contributed by atoms with Gasteiger partial charge in [-0.2, -0.15) is 0 Å². The van der Waals surface area contributed by atoms with Gasteiger partial charge >= 0.3 is 0 Å². The number of hydrogen-bond donors (Lipinski definition) is 1. The second kappa shape index (κ2) is 6.59. The van der Waals surface area contributed by atoms with Crippen molar-refractivity contribution in [2.75, 3.05) is 37.7 Å². The molecule has 1 atom stereocenters. The van der Waals surface area contributed by atoms with Crippen LogP contribution in [0, 0.1) is 6.92 Å². The summed E-state index contributed by atoms with van der Waals surface area (Å²) in [5, 5.41) is 3.67. The maximum Gasteiger partial charge on any atom is 0.0642 e. The van der Waals surface area contributed by atoms with Crippen LogP contribution < -0.4 is 10.2 Å². The highest BCUT2D eigenvalue weighted by molar-refractivity contribution is 5.55. The molecule has 2 aliphatic rings. The molecule has 3 heteroatoms. The molecule has 0 bridgehead atoms. The number of morpholine rings is 1. The fourth-order valence-corrected chi connectivity index (χ4v) is 3.35. The Morgan fingerprint density at radius 3 is 2.85 bits per heavy atom. The Hall–Kier alpha value is -1.06. The van der Waals surface area contributed by atoms with Crippen molar-refractivity contribution in [2.45, 2.75) is 38.6 Å². The number of aryl methyl sites for hydroxylation is 1. The second-order valence-corrected chi connectivity index (χ2v) is 6.08. The number of nitrogens with one attached hydrogen (secondary N) is 1. The van der Waals surface area contributed by atoms with Crippen LogP contribution in [0.2, 0.25) is 0 Å². The molecule has 1 N–H and O–H groups in total. The van der Waals surface area contributed by atoms with Gasteiger partial charge in [0.1, 0.15) is 0 Å². The molecule has 2 fully saturated rings. The number of ether oxygens (including phenoxy) is 1. The van der Waals surface area contributed by atoms with Gasteiger partial charge in [-0.1, -0.05) is 24.1 Å². The van der Waals surface area contributed by atoms with E-state index in [1.807, 2.05) is 0 Å². The summed E-state index contributed by atoms with van der Waals surface area (Å²) < 4.78 is 5.48. The quantitative estimate of drug-likeness (QED) is 0.916. The van der Waals surface area contributed by atoms with Crippen molar-refractivity contribution >= 4 is 5.69 Å². The van der Waals surface area contributed by atoms with Gasteiger partial charge < -0.3 is 15.0 Å². The molecule has 0 saturated carbocycles. The van der Waals surface area contributed by atoms with E-state index in [0.29, 0.717) is 6.04 Å². The molecule has 3 nitrogen and oxygen atoms in total. The van der Waals surface area contributed by atoms with Crippen LogP contribution in [0.25, 0.3) is 0 Å². The zero-order valence-electron chi connectivity index (χ0n) is 12.5. The van der Waals surface area contributed by atoms with Crippen molar-refractivity contribution in [1.82, 2.24) is 5.32 Å². The molecule has 1 aromatic rings. The molecule has 0 amide bonds. The average molecular weight is 274 g/mol. The van der Waals surface area contributed by atoms with E-state index in [-0.39, 0.29) is 0 Å². The zero-order chi connectivity index (χ0) is 13.8. The Morgan fingerprint density at radius 1 is 1.25 bits per heavy atom. The smallest absolute Gasteiger partial charge is 0.0642 e. The van der Waals surface area contributed by atoms with Gasteiger partial charge in [0.25, 0.3) is 0 Å². The van der Waals surface area contributed by atoms with E-state index in [0.717, 1.165) is 32.7 Å². The van der Waals surface area contributed by atoms with Gasteiger partial charge in [-0.05, 0) is 44.4 Å². The molecule has 0 radical (unpaired) electrons. The van der Waals surface area contributed by atoms with Gasteiger partial charge in [-0.25, -0.2) is 0 Å². The summed E-state index contributed by atoms with van der Waals surface area (Å²) >= 11 is 0. The fraction of sp³-hybridized carbons (Fsp3) is 0.647. The van der Waals surface area contributed by atoms with Crippen molar-refractivity contribution in [3.05, 3.63) is 29.3 Å². The van der Waals surface area contributed by atoms with E-state index in [1.165, 1.54) is 42.6 Å². The maximum absolute atomic E-state index is 5.48. The minimum absolute atomic E-state index is 0.658. The lowest BCUT2D eigenvalue weighted by molar-refractivity contribution is 0.122. The molecule has 1 aromatic carbocycles. The van der Waals surface area contributed by atoms with Crippen molar-refractivity contribution in [3.63, 3.8) is 0 Å². The largest absolute Gasteiger partial charge is 0.378 e. The first-order valence-electron chi connectivity index (χ1n) is 7.98. The first-order chi connectivity index (χ1) is 9.83. The summed E-state index contributed by atoms with van der Waals surface area (Å²) in [6, 6.07) is 7.58. The molecule has 2 saturated heterocycles. The molecule has 20 heavy (non-hydrogen) atoms. The van der Waals surface area contributed by atoms with Crippen LogP contribution >= 0.6 is 0 Å². The molecule has 0 aliphatic carbocycles. The van der Waals surface area contributed by atoms with Crippen molar-refractivity contribution < 1.29 is 4.74 Å². The van der Waals surface area contributed by atoms with Gasteiger partial charge in [0.2, 0.25) is 0 Å². The third-order valence-corrected chi connectivity index (χ3v) is 4.47. The monoisotopic (exact) mass is 274 g/mol. The Kier molecular flexibility index (Phi) is 4.58. The summed E-state index contributed by atoms with van der Waals surface area (Å²) in [5.41, 5.74) is 4.30. The molecule has 1 unspecified atom stereocenters. The van der Waals surface area contributed by atoms with E-state index in [1.54, 1.807) is 0 Å². The molecule has 0 aromatic heterocycles. The standard InChI is InChI=1S/C17H26N2O/c1-14-5-6-17(19-8-10-20-11-9-19)15(12-14)13-16-4-2-3-7-18-16/h5-6,12,16,18H,2-4,7-11,13H2,1H3. The van der Waals surface area contributed by atoms with Crippen LogP contribution in [0.5, 0.6) is 0 Å². The van der Waals surface area contributed by atoms with E-state index >= 15 is 0 Å². The SMILES string of the molecule is Cc1ccc(N2CCOCC2)c(CC2CCCCN2)c1. The molecule has 110 valence electrons. The minimum atomic E-state index is 0.658. The molecule has 3 rings (SSSR count). The van der Waals surface area contributed by atoms with Gasteiger partial charge in [-0.3, -0.25) is 0 Å². The van der Waals surface area contributed by atoms with Crippen LogP contribution in [0.15, 0.2) is 18.2 Å². The number of benzene rings is 1. The summed E-state index contributed by atoms with van der Waals surface area (Å²) in [6.45, 7) is 7.14. The molecular weight excluding hydrogens is 248 g/mol. The summed E-state index contributed by atoms with van der Waals surface area (Å²) in [4.78, 5) is 2.49. The van der Waals surface area contributed by atoms with Gasteiger partial charge in [-0.15, -0.1) is 0 Å². The highest BCUT2D eigenvalue weighted by atomic mass is 16.5.